The molecule has 0 aliphatic carbocycles. The Morgan fingerprint density at radius 1 is 1.17 bits per heavy atom. The van der Waals surface area contributed by atoms with Crippen molar-refractivity contribution in [2.24, 2.45) is 5.41 Å². The average Bonchev–Trinajstić information content (AvgIpc) is 2.44. The number of amides is 1. The lowest BCUT2D eigenvalue weighted by Gasteiger charge is -2.55. The molecule has 0 unspecified atom stereocenters. The highest BCUT2D eigenvalue weighted by molar-refractivity contribution is 9.10. The van der Waals surface area contributed by atoms with E-state index >= 15 is 0 Å². The number of nitrogens with zero attached hydrogens (tertiary/aromatic N) is 2. The van der Waals surface area contributed by atoms with Gasteiger partial charge in [-0.25, -0.2) is 4.79 Å². The van der Waals surface area contributed by atoms with E-state index in [2.05, 4.69) is 45.1 Å². The van der Waals surface area contributed by atoms with Crippen molar-refractivity contribution in [3.8, 4) is 0 Å². The van der Waals surface area contributed by atoms with Gasteiger partial charge in [0.15, 0.2) is 0 Å². The maximum atomic E-state index is 12.3. The van der Waals surface area contributed by atoms with Crippen LogP contribution in [0.3, 0.4) is 0 Å². The molecule has 0 atom stereocenters. The summed E-state index contributed by atoms with van der Waals surface area (Å²) in [6.45, 7) is 9.43. The van der Waals surface area contributed by atoms with E-state index < -0.39 is 5.60 Å². The molecule has 1 aromatic rings. The predicted octanol–water partition coefficient (Wildman–Crippen LogP) is 4.29. The molecule has 3 rings (SSSR count). The monoisotopic (exact) mass is 380 g/mol. The number of hydrogen-bond donors (Lipinski definition) is 0. The van der Waals surface area contributed by atoms with Crippen LogP contribution in [0.5, 0.6) is 0 Å². The van der Waals surface area contributed by atoms with Gasteiger partial charge in [-0.15, -0.1) is 0 Å². The number of rotatable bonds is 1. The van der Waals surface area contributed by atoms with E-state index in [0.717, 1.165) is 37.1 Å². The summed E-state index contributed by atoms with van der Waals surface area (Å²) in [7, 11) is 0. The third kappa shape index (κ3) is 3.82. The highest BCUT2D eigenvalue weighted by Gasteiger charge is 2.47. The van der Waals surface area contributed by atoms with Crippen LogP contribution in [-0.4, -0.2) is 42.8 Å². The van der Waals surface area contributed by atoms with E-state index in [1.807, 2.05) is 25.7 Å². The minimum Gasteiger partial charge on any atom is -0.444 e. The summed E-state index contributed by atoms with van der Waals surface area (Å²) < 4.78 is 6.63. The van der Waals surface area contributed by atoms with E-state index in [4.69, 9.17) is 4.74 Å². The van der Waals surface area contributed by atoms with Crippen LogP contribution in [0.2, 0.25) is 0 Å². The van der Waals surface area contributed by atoms with Crippen molar-refractivity contribution < 1.29 is 9.53 Å². The Morgan fingerprint density at radius 2 is 1.83 bits per heavy atom. The lowest BCUT2D eigenvalue weighted by Crippen LogP contribution is -2.64. The number of carbonyl (C=O) groups excluding carboxylic acids is 1. The van der Waals surface area contributed by atoms with E-state index in [1.165, 1.54) is 12.1 Å². The minimum atomic E-state index is -0.426. The fourth-order valence-electron chi connectivity index (χ4n) is 3.55. The van der Waals surface area contributed by atoms with Crippen molar-refractivity contribution in [3.05, 3.63) is 28.7 Å². The zero-order valence-electron chi connectivity index (χ0n) is 14.1. The number of carbonyl (C=O) groups is 1. The highest BCUT2D eigenvalue weighted by Crippen LogP contribution is 2.41. The van der Waals surface area contributed by atoms with Crippen LogP contribution < -0.4 is 4.90 Å². The number of anilines is 1. The number of ether oxygens (including phenoxy) is 1. The Labute approximate surface area is 146 Å². The number of benzene rings is 1. The SMILES string of the molecule is CC(C)(C)OC(=O)N1CCCC2(C1)CN(c1ccc(Br)cc1)C2. The second-order valence-corrected chi connectivity index (χ2v) is 8.75. The molecule has 2 aliphatic rings. The zero-order valence-corrected chi connectivity index (χ0v) is 15.7. The second kappa shape index (κ2) is 6.00. The normalized spacial score (nSPS) is 20.3. The van der Waals surface area contributed by atoms with Crippen LogP contribution in [0, 0.1) is 5.41 Å². The lowest BCUT2D eigenvalue weighted by atomic mass is 9.73. The number of halogens is 1. The fraction of sp³-hybridized carbons (Fsp3) is 0.611. The first-order valence-corrected chi connectivity index (χ1v) is 9.04. The van der Waals surface area contributed by atoms with Crippen molar-refractivity contribution in [1.29, 1.82) is 0 Å². The molecule has 0 bridgehead atoms. The minimum absolute atomic E-state index is 0.168. The highest BCUT2D eigenvalue weighted by atomic mass is 79.9. The van der Waals surface area contributed by atoms with Crippen LogP contribution in [0.1, 0.15) is 33.6 Å². The third-order valence-corrected chi connectivity index (χ3v) is 5.09. The van der Waals surface area contributed by atoms with Gasteiger partial charge in [-0.2, -0.15) is 0 Å². The largest absolute Gasteiger partial charge is 0.444 e. The molecule has 1 aromatic carbocycles. The Hall–Kier alpha value is -1.23. The molecule has 23 heavy (non-hydrogen) atoms. The molecule has 2 aliphatic heterocycles. The molecular formula is C18H25BrN2O2. The molecule has 2 heterocycles. The molecule has 4 nitrogen and oxygen atoms in total. The Bertz CT molecular complexity index is 574. The molecule has 0 radical (unpaired) electrons. The van der Waals surface area contributed by atoms with Crippen molar-refractivity contribution >= 4 is 27.7 Å². The van der Waals surface area contributed by atoms with Gasteiger partial charge in [-0.1, -0.05) is 15.9 Å². The van der Waals surface area contributed by atoms with Crippen LogP contribution >= 0.6 is 15.9 Å². The standard InChI is InChI=1S/C18H25BrN2O2/c1-17(2,3)23-16(22)20-10-4-9-18(11-20)12-21(13-18)15-7-5-14(19)6-8-15/h5-8H,4,9-13H2,1-3H3. The first-order chi connectivity index (χ1) is 10.8. The summed E-state index contributed by atoms with van der Waals surface area (Å²) in [5, 5.41) is 0. The van der Waals surface area contributed by atoms with Crippen molar-refractivity contribution in [2.45, 2.75) is 39.2 Å². The van der Waals surface area contributed by atoms with Crippen molar-refractivity contribution in [1.82, 2.24) is 4.90 Å². The quantitative estimate of drug-likeness (QED) is 0.728. The first-order valence-electron chi connectivity index (χ1n) is 8.25. The number of likely N-dealkylation sites (tertiary alicyclic amines) is 1. The molecule has 1 spiro atoms. The maximum absolute atomic E-state index is 12.3. The Balaban J connectivity index is 1.59. The smallest absolute Gasteiger partial charge is 0.410 e. The average molecular weight is 381 g/mol. The van der Waals surface area contributed by atoms with Crippen LogP contribution in [-0.2, 0) is 4.74 Å². The summed E-state index contributed by atoms with van der Waals surface area (Å²) >= 11 is 3.48. The molecule has 5 heteroatoms. The van der Waals surface area contributed by atoms with Gasteiger partial charge in [-0.3, -0.25) is 0 Å². The van der Waals surface area contributed by atoms with Gasteiger partial charge in [0.25, 0.3) is 0 Å². The summed E-state index contributed by atoms with van der Waals surface area (Å²) in [5.41, 5.74) is 1.07. The van der Waals surface area contributed by atoms with Gasteiger partial charge < -0.3 is 14.5 Å². The van der Waals surface area contributed by atoms with E-state index in [-0.39, 0.29) is 11.5 Å². The molecule has 1 amide bonds. The molecule has 126 valence electrons. The van der Waals surface area contributed by atoms with E-state index in [1.54, 1.807) is 0 Å². The fourth-order valence-corrected chi connectivity index (χ4v) is 3.81. The maximum Gasteiger partial charge on any atom is 0.410 e. The van der Waals surface area contributed by atoms with E-state index in [0.29, 0.717) is 0 Å². The molecule has 0 aromatic heterocycles. The number of piperidine rings is 1. The van der Waals surface area contributed by atoms with Gasteiger partial charge in [0, 0.05) is 41.8 Å². The van der Waals surface area contributed by atoms with Gasteiger partial charge >= 0.3 is 6.09 Å². The second-order valence-electron chi connectivity index (χ2n) is 7.84. The van der Waals surface area contributed by atoms with Gasteiger partial charge in [0.2, 0.25) is 0 Å². The lowest BCUT2D eigenvalue weighted by molar-refractivity contribution is -0.00145. The number of hydrogen-bond acceptors (Lipinski definition) is 3. The molecule has 2 saturated heterocycles. The van der Waals surface area contributed by atoms with Gasteiger partial charge in [-0.05, 0) is 57.9 Å². The summed E-state index contributed by atoms with van der Waals surface area (Å²) in [5.74, 6) is 0. The topological polar surface area (TPSA) is 32.8 Å². The van der Waals surface area contributed by atoms with E-state index in [9.17, 15) is 4.79 Å². The predicted molar refractivity (Wildman–Crippen MR) is 95.8 cm³/mol. The third-order valence-electron chi connectivity index (χ3n) is 4.56. The van der Waals surface area contributed by atoms with Gasteiger partial charge in [0.05, 0.1) is 0 Å². The van der Waals surface area contributed by atoms with Gasteiger partial charge in [0.1, 0.15) is 5.60 Å². The van der Waals surface area contributed by atoms with Crippen LogP contribution in [0.4, 0.5) is 10.5 Å². The summed E-state index contributed by atoms with van der Waals surface area (Å²) in [6.07, 6.45) is 2.09. The molecular weight excluding hydrogens is 356 g/mol. The Morgan fingerprint density at radius 3 is 2.43 bits per heavy atom. The van der Waals surface area contributed by atoms with Crippen molar-refractivity contribution in [3.63, 3.8) is 0 Å². The van der Waals surface area contributed by atoms with Crippen LogP contribution in [0.15, 0.2) is 28.7 Å². The van der Waals surface area contributed by atoms with Crippen LogP contribution in [0.25, 0.3) is 0 Å². The Kier molecular flexibility index (Phi) is 4.34. The summed E-state index contributed by atoms with van der Waals surface area (Å²) in [6, 6.07) is 8.44. The molecule has 2 fully saturated rings. The first kappa shape index (κ1) is 16.6. The molecule has 0 saturated carbocycles. The van der Waals surface area contributed by atoms with Crippen molar-refractivity contribution in [2.75, 3.05) is 31.1 Å². The molecule has 0 N–H and O–H groups in total. The summed E-state index contributed by atoms with van der Waals surface area (Å²) in [4.78, 5) is 16.6. The zero-order chi connectivity index (χ0) is 16.7.